The first-order valence-corrected chi connectivity index (χ1v) is 7.58. The minimum atomic E-state index is 0.435. The van der Waals surface area contributed by atoms with E-state index in [1.165, 1.54) is 24.1 Å². The first-order valence-electron chi connectivity index (χ1n) is 7.58. The summed E-state index contributed by atoms with van der Waals surface area (Å²) < 4.78 is 0. The third kappa shape index (κ3) is 4.05. The highest BCUT2D eigenvalue weighted by atomic mass is 15.1. The summed E-state index contributed by atoms with van der Waals surface area (Å²) in [6, 6.07) is 9.48. The smallest absolute Gasteiger partial charge is 0.0446 e. The van der Waals surface area contributed by atoms with E-state index < -0.39 is 0 Å². The van der Waals surface area contributed by atoms with Crippen molar-refractivity contribution >= 4 is 0 Å². The quantitative estimate of drug-likeness (QED) is 0.810. The molecule has 0 amide bonds. The van der Waals surface area contributed by atoms with E-state index in [-0.39, 0.29) is 0 Å². The van der Waals surface area contributed by atoms with Gasteiger partial charge in [-0.3, -0.25) is 0 Å². The van der Waals surface area contributed by atoms with Gasteiger partial charge in [-0.1, -0.05) is 38.1 Å². The molecule has 0 bridgehead atoms. The summed E-state index contributed by atoms with van der Waals surface area (Å²) in [6.45, 7) is 6.89. The van der Waals surface area contributed by atoms with E-state index >= 15 is 0 Å². The van der Waals surface area contributed by atoms with Crippen molar-refractivity contribution in [1.29, 1.82) is 0 Å². The minimum absolute atomic E-state index is 0.435. The molecule has 1 aromatic carbocycles. The van der Waals surface area contributed by atoms with Gasteiger partial charge in [0.05, 0.1) is 0 Å². The van der Waals surface area contributed by atoms with Gasteiger partial charge in [-0.25, -0.2) is 0 Å². The summed E-state index contributed by atoms with van der Waals surface area (Å²) in [7, 11) is 4.31. The molecule has 1 fully saturated rings. The normalized spacial score (nSPS) is 23.6. The molecule has 1 aliphatic rings. The van der Waals surface area contributed by atoms with E-state index in [4.69, 9.17) is 0 Å². The summed E-state index contributed by atoms with van der Waals surface area (Å²) >= 11 is 0. The highest BCUT2D eigenvalue weighted by Gasteiger charge is 2.33. The summed E-state index contributed by atoms with van der Waals surface area (Å²) in [5, 5.41) is 3.45. The average molecular weight is 260 g/mol. The van der Waals surface area contributed by atoms with E-state index in [2.05, 4.69) is 62.4 Å². The molecule has 1 aliphatic carbocycles. The van der Waals surface area contributed by atoms with E-state index in [9.17, 15) is 0 Å². The maximum absolute atomic E-state index is 3.45. The highest BCUT2D eigenvalue weighted by molar-refractivity contribution is 5.25. The van der Waals surface area contributed by atoms with Gasteiger partial charge in [0, 0.05) is 19.1 Å². The van der Waals surface area contributed by atoms with E-state index in [0.29, 0.717) is 6.04 Å². The summed E-state index contributed by atoms with van der Waals surface area (Å²) in [5.41, 5.74) is 2.81. The van der Waals surface area contributed by atoms with Crippen LogP contribution in [0.4, 0.5) is 0 Å². The van der Waals surface area contributed by atoms with Crippen LogP contribution in [0.5, 0.6) is 0 Å². The zero-order valence-electron chi connectivity index (χ0n) is 12.8. The first kappa shape index (κ1) is 14.5. The molecule has 3 atom stereocenters. The second kappa shape index (κ2) is 6.53. The lowest BCUT2D eigenvalue weighted by Gasteiger charge is -2.24. The van der Waals surface area contributed by atoms with Gasteiger partial charge in [-0.2, -0.15) is 0 Å². The molecule has 2 nitrogen and oxygen atoms in total. The number of likely N-dealkylation sites (N-methyl/N-ethyl adjacent to an activating group) is 2. The first-order chi connectivity index (χ1) is 9.13. The van der Waals surface area contributed by atoms with Crippen molar-refractivity contribution in [2.45, 2.75) is 32.7 Å². The molecule has 0 aromatic heterocycles. The Hall–Kier alpha value is -0.860. The van der Waals surface area contributed by atoms with Gasteiger partial charge in [-0.15, -0.1) is 0 Å². The van der Waals surface area contributed by atoms with Crippen molar-refractivity contribution in [3.05, 3.63) is 35.4 Å². The van der Waals surface area contributed by atoms with Gasteiger partial charge in [0.1, 0.15) is 0 Å². The van der Waals surface area contributed by atoms with Gasteiger partial charge in [0.2, 0.25) is 0 Å². The Morgan fingerprint density at radius 1 is 1.32 bits per heavy atom. The van der Waals surface area contributed by atoms with E-state index in [0.717, 1.165) is 24.8 Å². The number of hydrogen-bond donors (Lipinski definition) is 1. The Morgan fingerprint density at radius 3 is 2.42 bits per heavy atom. The van der Waals surface area contributed by atoms with Crippen molar-refractivity contribution in [2.75, 3.05) is 27.2 Å². The zero-order valence-corrected chi connectivity index (χ0v) is 12.8. The summed E-state index contributed by atoms with van der Waals surface area (Å²) in [4.78, 5) is 2.48. The van der Waals surface area contributed by atoms with Crippen molar-refractivity contribution in [2.24, 2.45) is 11.8 Å². The summed E-state index contributed by atoms with van der Waals surface area (Å²) in [5.74, 6) is 1.88. The van der Waals surface area contributed by atoms with Crippen molar-refractivity contribution < 1.29 is 0 Å². The molecule has 0 saturated heterocycles. The predicted octanol–water partition coefficient (Wildman–Crippen LogP) is 3.10. The van der Waals surface area contributed by atoms with Crippen molar-refractivity contribution in [1.82, 2.24) is 10.2 Å². The molecular weight excluding hydrogens is 232 g/mol. The van der Waals surface area contributed by atoms with Crippen LogP contribution in [0, 0.1) is 11.8 Å². The molecule has 0 aliphatic heterocycles. The lowest BCUT2D eigenvalue weighted by Crippen LogP contribution is -2.32. The van der Waals surface area contributed by atoms with E-state index in [1.807, 2.05) is 0 Å². The predicted molar refractivity (Wildman–Crippen MR) is 82.4 cm³/mol. The van der Waals surface area contributed by atoms with Crippen LogP contribution < -0.4 is 5.32 Å². The monoisotopic (exact) mass is 260 g/mol. The fourth-order valence-corrected chi connectivity index (χ4v) is 2.79. The van der Waals surface area contributed by atoms with Gasteiger partial charge in [0.15, 0.2) is 0 Å². The lowest BCUT2D eigenvalue weighted by molar-refractivity contribution is 0.282. The number of rotatable bonds is 7. The summed E-state index contributed by atoms with van der Waals surface area (Å²) in [6.07, 6.45) is 2.53. The van der Waals surface area contributed by atoms with Crippen LogP contribution in [-0.4, -0.2) is 32.1 Å². The van der Waals surface area contributed by atoms with Gasteiger partial charge in [0.25, 0.3) is 0 Å². The van der Waals surface area contributed by atoms with Crippen LogP contribution in [0.3, 0.4) is 0 Å². The van der Waals surface area contributed by atoms with Crippen LogP contribution in [0.15, 0.2) is 24.3 Å². The Labute approximate surface area is 118 Å². The Bertz CT molecular complexity index is 385. The second-order valence-corrected chi connectivity index (χ2v) is 6.13. The largest absolute Gasteiger partial charge is 0.312 e. The van der Waals surface area contributed by atoms with Gasteiger partial charge >= 0.3 is 0 Å². The molecule has 106 valence electrons. The Morgan fingerprint density at radius 2 is 1.95 bits per heavy atom. The fraction of sp³-hybridized carbons (Fsp3) is 0.647. The Balaban J connectivity index is 1.90. The second-order valence-electron chi connectivity index (χ2n) is 6.13. The van der Waals surface area contributed by atoms with Crippen LogP contribution in [0.25, 0.3) is 0 Å². The molecule has 0 heterocycles. The maximum Gasteiger partial charge on any atom is 0.0446 e. The molecule has 1 aromatic rings. The number of aryl methyl sites for hydroxylation is 1. The number of hydrogen-bond acceptors (Lipinski definition) is 2. The fourth-order valence-electron chi connectivity index (χ4n) is 2.79. The van der Waals surface area contributed by atoms with E-state index in [1.54, 1.807) is 0 Å². The zero-order chi connectivity index (χ0) is 13.8. The molecule has 3 unspecified atom stereocenters. The van der Waals surface area contributed by atoms with Gasteiger partial charge < -0.3 is 10.2 Å². The molecule has 19 heavy (non-hydrogen) atoms. The van der Waals surface area contributed by atoms with Crippen molar-refractivity contribution in [3.8, 4) is 0 Å². The number of nitrogens with one attached hydrogen (secondary N) is 1. The van der Waals surface area contributed by atoms with Crippen LogP contribution in [0.2, 0.25) is 0 Å². The minimum Gasteiger partial charge on any atom is -0.312 e. The Kier molecular flexibility index (Phi) is 5.00. The third-order valence-corrected chi connectivity index (χ3v) is 4.46. The molecule has 0 spiro atoms. The standard InChI is InChI=1S/C17H28N2/c1-5-14-6-8-15(9-7-14)17(18-3)12-19(4)11-16-10-13(16)2/h6-9,13,16-18H,5,10-12H2,1-4H3. The van der Waals surface area contributed by atoms with Crippen LogP contribution in [-0.2, 0) is 6.42 Å². The highest BCUT2D eigenvalue weighted by Crippen LogP contribution is 2.38. The number of nitrogens with zero attached hydrogens (tertiary/aromatic N) is 1. The molecule has 2 rings (SSSR count). The molecular formula is C17H28N2. The molecule has 1 N–H and O–H groups in total. The average Bonchev–Trinajstić information content (AvgIpc) is 3.11. The maximum atomic E-state index is 3.45. The lowest BCUT2D eigenvalue weighted by atomic mass is 10.0. The topological polar surface area (TPSA) is 15.3 Å². The van der Waals surface area contributed by atoms with Gasteiger partial charge in [-0.05, 0) is 49.9 Å². The number of benzene rings is 1. The molecule has 2 heteroatoms. The third-order valence-electron chi connectivity index (χ3n) is 4.46. The van der Waals surface area contributed by atoms with Crippen LogP contribution in [0.1, 0.15) is 37.4 Å². The molecule has 1 saturated carbocycles. The SMILES string of the molecule is CCc1ccc(C(CN(C)CC2CC2C)NC)cc1. The van der Waals surface area contributed by atoms with Crippen LogP contribution >= 0.6 is 0 Å². The van der Waals surface area contributed by atoms with Crippen molar-refractivity contribution in [3.63, 3.8) is 0 Å². The molecule has 0 radical (unpaired) electrons.